The fraction of sp³-hybridized carbons (Fsp3) is 0.562. The van der Waals surface area contributed by atoms with E-state index in [2.05, 4.69) is 40.1 Å². The van der Waals surface area contributed by atoms with Crippen molar-refractivity contribution in [2.45, 2.75) is 25.7 Å². The lowest BCUT2D eigenvalue weighted by Gasteiger charge is -2.26. The monoisotopic (exact) mass is 291 g/mol. The van der Waals surface area contributed by atoms with Gasteiger partial charge in [-0.2, -0.15) is 0 Å². The second-order valence-corrected chi connectivity index (χ2v) is 5.97. The highest BCUT2D eigenvalue weighted by Crippen LogP contribution is 2.15. The molecule has 0 aromatic heterocycles. The van der Waals surface area contributed by atoms with Gasteiger partial charge in [0.25, 0.3) is 0 Å². The van der Waals surface area contributed by atoms with E-state index in [-0.39, 0.29) is 0 Å². The van der Waals surface area contributed by atoms with E-state index in [1.54, 1.807) is 0 Å². The quantitative estimate of drug-likeness (QED) is 0.746. The van der Waals surface area contributed by atoms with Crippen LogP contribution in [-0.2, 0) is 0 Å². The highest BCUT2D eigenvalue weighted by atomic mass is 32.1. The Morgan fingerprint density at radius 1 is 1.15 bits per heavy atom. The third-order valence-corrected chi connectivity index (χ3v) is 4.05. The molecule has 0 bridgehead atoms. The number of para-hydroxylation sites is 1. The molecule has 1 aliphatic heterocycles. The number of nitrogens with two attached hydrogens (primary N) is 1. The average molecular weight is 291 g/mol. The molecule has 0 saturated carbocycles. The normalized spacial score (nSPS) is 15.4. The predicted molar refractivity (Wildman–Crippen MR) is 90.3 cm³/mol. The van der Waals surface area contributed by atoms with E-state index in [9.17, 15) is 0 Å². The first kappa shape index (κ1) is 15.3. The molecule has 1 aromatic carbocycles. The lowest BCUT2D eigenvalue weighted by molar-refractivity contribution is 0.334. The molecule has 2 rings (SSSR count). The van der Waals surface area contributed by atoms with Crippen molar-refractivity contribution in [2.24, 2.45) is 5.73 Å². The average Bonchev–Trinajstić information content (AvgIpc) is 2.96. The largest absolute Gasteiger partial charge is 0.393 e. The molecule has 4 heteroatoms. The number of rotatable bonds is 8. The molecule has 2 N–H and O–H groups in total. The van der Waals surface area contributed by atoms with Gasteiger partial charge in [0.05, 0.1) is 4.99 Å². The number of likely N-dealkylation sites (tertiary alicyclic amines) is 1. The first-order valence-corrected chi connectivity index (χ1v) is 7.97. The van der Waals surface area contributed by atoms with E-state index in [0.29, 0.717) is 4.99 Å². The summed E-state index contributed by atoms with van der Waals surface area (Å²) in [6.07, 6.45) is 4.72. The molecule has 0 amide bonds. The first-order valence-electron chi connectivity index (χ1n) is 7.56. The Morgan fingerprint density at radius 2 is 1.85 bits per heavy atom. The molecule has 1 aromatic rings. The second kappa shape index (κ2) is 8.22. The minimum atomic E-state index is 0.602. The Labute approximate surface area is 127 Å². The van der Waals surface area contributed by atoms with Crippen LogP contribution in [0.5, 0.6) is 0 Å². The third-order valence-electron chi connectivity index (χ3n) is 3.85. The Morgan fingerprint density at radius 3 is 2.50 bits per heavy atom. The molecule has 1 saturated heterocycles. The molecule has 0 spiro atoms. The first-order chi connectivity index (χ1) is 9.75. The van der Waals surface area contributed by atoms with Gasteiger partial charge in [0.15, 0.2) is 0 Å². The maximum absolute atomic E-state index is 5.64. The van der Waals surface area contributed by atoms with Crippen molar-refractivity contribution in [3.05, 3.63) is 30.3 Å². The van der Waals surface area contributed by atoms with Crippen LogP contribution < -0.4 is 10.6 Å². The summed E-state index contributed by atoms with van der Waals surface area (Å²) in [5.41, 5.74) is 6.91. The maximum atomic E-state index is 5.64. The van der Waals surface area contributed by atoms with E-state index in [4.69, 9.17) is 18.0 Å². The molecule has 0 unspecified atom stereocenters. The smallest absolute Gasteiger partial charge is 0.0745 e. The number of anilines is 1. The van der Waals surface area contributed by atoms with Crippen LogP contribution in [0.3, 0.4) is 0 Å². The van der Waals surface area contributed by atoms with Gasteiger partial charge < -0.3 is 15.5 Å². The number of nitrogens with zero attached hydrogens (tertiary/aromatic N) is 2. The summed E-state index contributed by atoms with van der Waals surface area (Å²) in [7, 11) is 0. The highest BCUT2D eigenvalue weighted by Gasteiger charge is 2.12. The topological polar surface area (TPSA) is 32.5 Å². The molecule has 110 valence electrons. The minimum Gasteiger partial charge on any atom is -0.393 e. The van der Waals surface area contributed by atoms with Crippen LogP contribution in [-0.4, -0.2) is 42.6 Å². The second-order valence-electron chi connectivity index (χ2n) is 5.44. The molecule has 0 radical (unpaired) electrons. The number of benzene rings is 1. The summed E-state index contributed by atoms with van der Waals surface area (Å²) in [4.78, 5) is 5.57. The van der Waals surface area contributed by atoms with Gasteiger partial charge in [0.2, 0.25) is 0 Å². The summed E-state index contributed by atoms with van der Waals surface area (Å²) in [6, 6.07) is 10.6. The Bertz CT molecular complexity index is 401. The fourth-order valence-electron chi connectivity index (χ4n) is 2.75. The van der Waals surface area contributed by atoms with E-state index < -0.39 is 0 Å². The standard InChI is InChI=1S/C16H25N3S/c17-16(20)9-14-19(15-7-2-1-3-8-15)13-6-12-18-10-4-5-11-18/h1-3,7-8H,4-6,9-14H2,(H2,17,20). The summed E-state index contributed by atoms with van der Waals surface area (Å²) < 4.78 is 0. The molecule has 3 nitrogen and oxygen atoms in total. The summed E-state index contributed by atoms with van der Waals surface area (Å²) in [6.45, 7) is 5.75. The van der Waals surface area contributed by atoms with Crippen molar-refractivity contribution in [1.29, 1.82) is 0 Å². The Balaban J connectivity index is 1.83. The van der Waals surface area contributed by atoms with Crippen LogP contribution in [0.1, 0.15) is 25.7 Å². The van der Waals surface area contributed by atoms with Crippen LogP contribution in [0, 0.1) is 0 Å². The maximum Gasteiger partial charge on any atom is 0.0745 e. The number of hydrogen-bond acceptors (Lipinski definition) is 3. The number of hydrogen-bond donors (Lipinski definition) is 1. The fourth-order valence-corrected chi connectivity index (χ4v) is 2.84. The van der Waals surface area contributed by atoms with E-state index in [0.717, 1.165) is 19.5 Å². The molecule has 0 atom stereocenters. The van der Waals surface area contributed by atoms with Crippen LogP contribution in [0.25, 0.3) is 0 Å². The van der Waals surface area contributed by atoms with Crippen molar-refractivity contribution in [1.82, 2.24) is 4.90 Å². The van der Waals surface area contributed by atoms with Crippen molar-refractivity contribution >= 4 is 22.9 Å². The van der Waals surface area contributed by atoms with Crippen molar-refractivity contribution in [2.75, 3.05) is 37.6 Å². The van der Waals surface area contributed by atoms with Gasteiger partial charge in [-0.25, -0.2) is 0 Å². The molecule has 1 heterocycles. The number of thiocarbonyl (C=S) groups is 1. The molecular weight excluding hydrogens is 266 g/mol. The third kappa shape index (κ3) is 5.10. The van der Waals surface area contributed by atoms with E-state index in [1.165, 1.54) is 44.6 Å². The van der Waals surface area contributed by atoms with Crippen LogP contribution in [0.2, 0.25) is 0 Å². The summed E-state index contributed by atoms with van der Waals surface area (Å²) >= 11 is 5.01. The van der Waals surface area contributed by atoms with Gasteiger partial charge >= 0.3 is 0 Å². The van der Waals surface area contributed by atoms with Crippen molar-refractivity contribution in [3.63, 3.8) is 0 Å². The zero-order valence-corrected chi connectivity index (χ0v) is 12.9. The van der Waals surface area contributed by atoms with E-state index >= 15 is 0 Å². The van der Waals surface area contributed by atoms with Gasteiger partial charge in [-0.15, -0.1) is 0 Å². The summed E-state index contributed by atoms with van der Waals surface area (Å²) in [5.74, 6) is 0. The van der Waals surface area contributed by atoms with Crippen molar-refractivity contribution < 1.29 is 0 Å². The van der Waals surface area contributed by atoms with Gasteiger partial charge in [-0.1, -0.05) is 30.4 Å². The SMILES string of the molecule is NC(=S)CCN(CCCN1CCCC1)c1ccccc1. The van der Waals surface area contributed by atoms with Crippen LogP contribution in [0.15, 0.2) is 30.3 Å². The zero-order chi connectivity index (χ0) is 14.2. The van der Waals surface area contributed by atoms with Crippen LogP contribution in [0.4, 0.5) is 5.69 Å². The molecule has 1 fully saturated rings. The van der Waals surface area contributed by atoms with Crippen LogP contribution >= 0.6 is 12.2 Å². The molecule has 0 aliphatic carbocycles. The van der Waals surface area contributed by atoms with Gasteiger partial charge in [0, 0.05) is 25.2 Å². The molecule has 1 aliphatic rings. The van der Waals surface area contributed by atoms with Gasteiger partial charge in [-0.3, -0.25) is 0 Å². The lowest BCUT2D eigenvalue weighted by atomic mass is 10.2. The minimum absolute atomic E-state index is 0.602. The summed E-state index contributed by atoms with van der Waals surface area (Å²) in [5, 5.41) is 0. The van der Waals surface area contributed by atoms with Gasteiger partial charge in [0.1, 0.15) is 0 Å². The molecular formula is C16H25N3S. The van der Waals surface area contributed by atoms with Gasteiger partial charge in [-0.05, 0) is 51.0 Å². The zero-order valence-electron chi connectivity index (χ0n) is 12.1. The highest BCUT2D eigenvalue weighted by molar-refractivity contribution is 7.80. The Hall–Kier alpha value is -1.13. The predicted octanol–water partition coefficient (Wildman–Crippen LogP) is 2.66. The molecule has 20 heavy (non-hydrogen) atoms. The van der Waals surface area contributed by atoms with Crippen molar-refractivity contribution in [3.8, 4) is 0 Å². The van der Waals surface area contributed by atoms with E-state index in [1.807, 2.05) is 0 Å². The Kier molecular flexibility index (Phi) is 6.27. The lowest BCUT2D eigenvalue weighted by Crippen LogP contribution is -2.31.